The molecule has 3 rings (SSSR count). The maximum absolute atomic E-state index is 13.3. The van der Waals surface area contributed by atoms with Crippen LogP contribution < -0.4 is 4.74 Å². The van der Waals surface area contributed by atoms with Gasteiger partial charge < -0.3 is 14.4 Å². The van der Waals surface area contributed by atoms with Crippen molar-refractivity contribution < 1.29 is 53.8 Å². The zero-order valence-corrected chi connectivity index (χ0v) is 17.6. The average Bonchev–Trinajstić information content (AvgIpc) is 3.53. The van der Waals surface area contributed by atoms with Crippen LogP contribution >= 0.6 is 0 Å². The van der Waals surface area contributed by atoms with Crippen LogP contribution in [0.15, 0.2) is 18.2 Å². The normalized spacial score (nSPS) is 18.4. The Bertz CT molecular complexity index is 844. The molecular formula is C20H21F9N2O3. The van der Waals surface area contributed by atoms with Crippen molar-refractivity contribution in [2.75, 3.05) is 32.8 Å². The Labute approximate surface area is 188 Å². The SMILES string of the molecule is O=C(OC(C(F)(F)F)C(F)(F)F)N1CCN(Cc2cc(OCC3CC3)cc(C(F)(F)F)c2)CC1. The number of carbonyl (C=O) groups is 1. The van der Waals surface area contributed by atoms with Crippen LogP contribution in [-0.2, 0) is 17.5 Å². The van der Waals surface area contributed by atoms with Crippen molar-refractivity contribution in [3.05, 3.63) is 29.3 Å². The summed E-state index contributed by atoms with van der Waals surface area (Å²) in [6.45, 7) is -0.187. The van der Waals surface area contributed by atoms with E-state index in [1.165, 1.54) is 6.07 Å². The van der Waals surface area contributed by atoms with E-state index in [0.29, 0.717) is 17.4 Å². The Morgan fingerprint density at radius 1 is 0.912 bits per heavy atom. The molecule has 1 aromatic carbocycles. The largest absolute Gasteiger partial charge is 0.493 e. The molecule has 1 heterocycles. The predicted molar refractivity (Wildman–Crippen MR) is 98.9 cm³/mol. The van der Waals surface area contributed by atoms with Gasteiger partial charge in [0.05, 0.1) is 12.2 Å². The molecule has 0 N–H and O–H groups in total. The molecule has 0 atom stereocenters. The topological polar surface area (TPSA) is 42.0 Å². The highest BCUT2D eigenvalue weighted by molar-refractivity contribution is 5.68. The van der Waals surface area contributed by atoms with Gasteiger partial charge in [-0.15, -0.1) is 0 Å². The van der Waals surface area contributed by atoms with Crippen LogP contribution in [0.5, 0.6) is 5.75 Å². The molecule has 0 radical (unpaired) electrons. The van der Waals surface area contributed by atoms with Crippen molar-refractivity contribution in [1.29, 1.82) is 0 Å². The van der Waals surface area contributed by atoms with E-state index in [2.05, 4.69) is 4.74 Å². The Morgan fingerprint density at radius 3 is 2.00 bits per heavy atom. The van der Waals surface area contributed by atoms with E-state index in [4.69, 9.17) is 4.74 Å². The summed E-state index contributed by atoms with van der Waals surface area (Å²) in [7, 11) is 0. The summed E-state index contributed by atoms with van der Waals surface area (Å²) in [5.41, 5.74) is -0.630. The second-order valence-electron chi connectivity index (χ2n) is 8.23. The number of alkyl halides is 9. The molecule has 5 nitrogen and oxygen atoms in total. The van der Waals surface area contributed by atoms with Gasteiger partial charge in [-0.05, 0) is 42.5 Å². The fourth-order valence-corrected chi connectivity index (χ4v) is 3.34. The van der Waals surface area contributed by atoms with E-state index in [1.54, 1.807) is 4.90 Å². The van der Waals surface area contributed by atoms with E-state index in [9.17, 15) is 44.3 Å². The second-order valence-corrected chi connectivity index (χ2v) is 8.23. The fraction of sp³-hybridized carbons (Fsp3) is 0.650. The van der Waals surface area contributed by atoms with E-state index in [0.717, 1.165) is 25.0 Å². The Morgan fingerprint density at radius 2 is 1.50 bits per heavy atom. The summed E-state index contributed by atoms with van der Waals surface area (Å²) in [6.07, 6.45) is -20.4. The maximum Gasteiger partial charge on any atom is 0.434 e. The van der Waals surface area contributed by atoms with Crippen LogP contribution in [0.1, 0.15) is 24.0 Å². The maximum atomic E-state index is 13.3. The number of nitrogens with zero attached hydrogens (tertiary/aromatic N) is 2. The zero-order valence-electron chi connectivity index (χ0n) is 17.6. The van der Waals surface area contributed by atoms with Crippen LogP contribution in [0.2, 0.25) is 0 Å². The third-order valence-electron chi connectivity index (χ3n) is 5.33. The zero-order chi connectivity index (χ0) is 25.3. The molecule has 2 fully saturated rings. The van der Waals surface area contributed by atoms with Gasteiger partial charge in [0.1, 0.15) is 5.75 Å². The Balaban J connectivity index is 1.60. The molecule has 1 aliphatic carbocycles. The summed E-state index contributed by atoms with van der Waals surface area (Å²) in [5.74, 6) is 0.379. The summed E-state index contributed by atoms with van der Waals surface area (Å²) < 4.78 is 124. The first-order valence-corrected chi connectivity index (χ1v) is 10.3. The highest BCUT2D eigenvalue weighted by Gasteiger charge is 2.60. The molecule has 0 unspecified atom stereocenters. The lowest BCUT2D eigenvalue weighted by molar-refractivity contribution is -0.308. The van der Waals surface area contributed by atoms with E-state index in [1.807, 2.05) is 0 Å². The summed E-state index contributed by atoms with van der Waals surface area (Å²) in [4.78, 5) is 14.2. The molecule has 1 saturated heterocycles. The molecule has 1 aromatic rings. The quantitative estimate of drug-likeness (QED) is 0.493. The van der Waals surface area contributed by atoms with Crippen molar-refractivity contribution in [1.82, 2.24) is 9.80 Å². The Kier molecular flexibility index (Phi) is 7.48. The van der Waals surface area contributed by atoms with Crippen molar-refractivity contribution in [2.45, 2.75) is 44.0 Å². The standard InChI is InChI=1S/C20H21F9N2O3/c21-18(22,23)14-7-13(8-15(9-14)33-11-12-1-2-12)10-30-3-5-31(6-4-30)17(32)34-16(19(24,25)26)20(27,28)29/h7-9,12,16H,1-6,10-11H2. The lowest BCUT2D eigenvalue weighted by Crippen LogP contribution is -2.52. The Hall–Kier alpha value is -2.38. The third-order valence-corrected chi connectivity index (χ3v) is 5.33. The number of hydrogen-bond donors (Lipinski definition) is 0. The van der Waals surface area contributed by atoms with E-state index < -0.39 is 36.3 Å². The van der Waals surface area contributed by atoms with Crippen molar-refractivity contribution in [2.24, 2.45) is 5.92 Å². The number of benzene rings is 1. The first-order chi connectivity index (χ1) is 15.6. The molecule has 34 heavy (non-hydrogen) atoms. The van der Waals surface area contributed by atoms with Gasteiger partial charge in [-0.1, -0.05) is 0 Å². The monoisotopic (exact) mass is 508 g/mol. The van der Waals surface area contributed by atoms with Gasteiger partial charge >= 0.3 is 24.6 Å². The lowest BCUT2D eigenvalue weighted by Gasteiger charge is -2.35. The molecule has 2 aliphatic rings. The third kappa shape index (κ3) is 7.31. The van der Waals surface area contributed by atoms with E-state index in [-0.39, 0.29) is 44.0 Å². The van der Waals surface area contributed by atoms with Crippen LogP contribution in [0.3, 0.4) is 0 Å². The first kappa shape index (κ1) is 26.2. The number of amides is 1. The number of hydrogen-bond acceptors (Lipinski definition) is 4. The number of rotatable bonds is 6. The summed E-state index contributed by atoms with van der Waals surface area (Å²) in [5, 5.41) is 0. The smallest absolute Gasteiger partial charge is 0.434 e. The van der Waals surface area contributed by atoms with Gasteiger partial charge in [-0.3, -0.25) is 4.90 Å². The van der Waals surface area contributed by atoms with Crippen molar-refractivity contribution in [3.8, 4) is 5.75 Å². The number of ether oxygens (including phenoxy) is 2. The van der Waals surface area contributed by atoms with Crippen molar-refractivity contribution in [3.63, 3.8) is 0 Å². The number of piperazine rings is 1. The molecular weight excluding hydrogens is 487 g/mol. The molecule has 1 amide bonds. The molecule has 0 spiro atoms. The van der Waals surface area contributed by atoms with Crippen LogP contribution in [0.4, 0.5) is 44.3 Å². The molecule has 14 heteroatoms. The molecule has 1 aliphatic heterocycles. The van der Waals surface area contributed by atoms with Crippen LogP contribution in [-0.4, -0.2) is 67.1 Å². The van der Waals surface area contributed by atoms with Gasteiger partial charge in [0.2, 0.25) is 0 Å². The second kappa shape index (κ2) is 9.70. The summed E-state index contributed by atoms with van der Waals surface area (Å²) >= 11 is 0. The highest BCUT2D eigenvalue weighted by Crippen LogP contribution is 2.37. The molecule has 1 saturated carbocycles. The van der Waals surface area contributed by atoms with Crippen LogP contribution in [0, 0.1) is 5.92 Å². The number of carbonyl (C=O) groups excluding carboxylic acids is 1. The lowest BCUT2D eigenvalue weighted by atomic mass is 10.1. The number of halogens is 9. The average molecular weight is 508 g/mol. The molecule has 0 bridgehead atoms. The first-order valence-electron chi connectivity index (χ1n) is 10.3. The van der Waals surface area contributed by atoms with Gasteiger partial charge in [-0.25, -0.2) is 4.79 Å². The minimum Gasteiger partial charge on any atom is -0.493 e. The summed E-state index contributed by atoms with van der Waals surface area (Å²) in [6, 6.07) is 3.30. The molecule has 0 aromatic heterocycles. The minimum absolute atomic E-state index is 0.00626. The van der Waals surface area contributed by atoms with Crippen LogP contribution in [0.25, 0.3) is 0 Å². The van der Waals surface area contributed by atoms with Gasteiger partial charge in [0, 0.05) is 32.7 Å². The predicted octanol–water partition coefficient (Wildman–Crippen LogP) is 5.24. The highest BCUT2D eigenvalue weighted by atomic mass is 19.4. The van der Waals surface area contributed by atoms with Crippen molar-refractivity contribution >= 4 is 6.09 Å². The molecule has 192 valence electrons. The van der Waals surface area contributed by atoms with Gasteiger partial charge in [-0.2, -0.15) is 39.5 Å². The van der Waals surface area contributed by atoms with Gasteiger partial charge in [0.25, 0.3) is 6.10 Å². The van der Waals surface area contributed by atoms with Gasteiger partial charge in [0.15, 0.2) is 0 Å². The van der Waals surface area contributed by atoms with E-state index >= 15 is 0 Å². The minimum atomic E-state index is -5.82. The fourth-order valence-electron chi connectivity index (χ4n) is 3.34.